The maximum atomic E-state index is 2.78. The minimum Gasteiger partial charge on any atom is -0.338 e. The molecule has 3 aromatic carbocycles. The van der Waals surface area contributed by atoms with Crippen LogP contribution in [0.1, 0.15) is 124 Å². The zero-order valence-electron chi connectivity index (χ0n) is 29.5. The topological polar surface area (TPSA) is 6.48 Å². The van der Waals surface area contributed by atoms with Gasteiger partial charge in [0.05, 0.1) is 0 Å². The predicted molar refractivity (Wildman–Crippen MR) is 211 cm³/mol. The third-order valence-electron chi connectivity index (χ3n) is 13.1. The fraction of sp³-hybridized carbons (Fsp3) is 0.375. The van der Waals surface area contributed by atoms with E-state index in [1.807, 2.05) is 0 Å². The first kappa shape index (κ1) is 30.5. The molecule has 0 saturated heterocycles. The molecule has 1 saturated carbocycles. The molecule has 252 valence electrons. The Bertz CT molecular complexity index is 2010. The number of benzene rings is 3. The van der Waals surface area contributed by atoms with Crippen molar-refractivity contribution in [3.8, 4) is 0 Å². The van der Waals surface area contributed by atoms with Crippen molar-refractivity contribution in [1.82, 2.24) is 0 Å². The number of anilines is 3. The van der Waals surface area contributed by atoms with Gasteiger partial charge >= 0.3 is 0 Å². The molecule has 7 aliphatic rings. The summed E-state index contributed by atoms with van der Waals surface area (Å²) < 4.78 is 0. The molecule has 50 heavy (non-hydrogen) atoms. The molecular weight excluding hydrogens is 605 g/mol. The summed E-state index contributed by atoms with van der Waals surface area (Å²) in [6.45, 7) is 0. The molecule has 0 aromatic heterocycles. The largest absolute Gasteiger partial charge is 0.338 e. The lowest BCUT2D eigenvalue weighted by molar-refractivity contribution is 0.398. The van der Waals surface area contributed by atoms with Gasteiger partial charge in [0.2, 0.25) is 0 Å². The molecule has 0 N–H and O–H groups in total. The molecule has 0 radical (unpaired) electrons. The van der Waals surface area contributed by atoms with Gasteiger partial charge in [-0.15, -0.1) is 0 Å². The quantitative estimate of drug-likeness (QED) is 0.270. The van der Waals surface area contributed by atoms with Gasteiger partial charge in [0, 0.05) is 46.7 Å². The predicted octanol–water partition coefficient (Wildman–Crippen LogP) is 12.9. The van der Waals surface area contributed by atoms with E-state index in [2.05, 4.69) is 119 Å². The smallest absolute Gasteiger partial charge is 0.0450 e. The average Bonchev–Trinajstić information content (AvgIpc) is 3.87. The van der Waals surface area contributed by atoms with Gasteiger partial charge in [0.25, 0.3) is 0 Å². The SMILES string of the molecule is C1=CC(c2cccc(N3c4ccccc4C4CCC(c5ccc6c(c5)C5CCCCC5N6C5=CCCC(C6=CCCC6)=C5)=CCC43)c2)=CCC1. The lowest BCUT2D eigenvalue weighted by Gasteiger charge is -2.35. The van der Waals surface area contributed by atoms with Crippen molar-refractivity contribution in [2.45, 2.75) is 114 Å². The van der Waals surface area contributed by atoms with Crippen LogP contribution in [0.5, 0.6) is 0 Å². The second kappa shape index (κ2) is 12.8. The van der Waals surface area contributed by atoms with Crippen molar-refractivity contribution in [3.63, 3.8) is 0 Å². The van der Waals surface area contributed by atoms with E-state index in [4.69, 9.17) is 0 Å². The fourth-order valence-electron chi connectivity index (χ4n) is 10.8. The van der Waals surface area contributed by atoms with Crippen LogP contribution in [0.15, 0.2) is 126 Å². The highest BCUT2D eigenvalue weighted by atomic mass is 15.2. The van der Waals surface area contributed by atoms with E-state index in [9.17, 15) is 0 Å². The maximum absolute atomic E-state index is 2.78. The lowest BCUT2D eigenvalue weighted by atomic mass is 9.81. The Kier molecular flexibility index (Phi) is 7.81. The van der Waals surface area contributed by atoms with Crippen LogP contribution in [0.2, 0.25) is 0 Å². The number of hydrogen-bond donors (Lipinski definition) is 0. The first-order chi connectivity index (χ1) is 24.8. The number of para-hydroxylation sites is 1. The van der Waals surface area contributed by atoms with E-state index in [-0.39, 0.29) is 0 Å². The molecular formula is C48H50N2. The van der Waals surface area contributed by atoms with Crippen molar-refractivity contribution in [3.05, 3.63) is 148 Å². The zero-order chi connectivity index (χ0) is 33.0. The first-order valence-corrected chi connectivity index (χ1v) is 19.9. The molecule has 4 unspecified atom stereocenters. The summed E-state index contributed by atoms with van der Waals surface area (Å²) >= 11 is 0. The minimum atomic E-state index is 0.442. The number of hydrogen-bond acceptors (Lipinski definition) is 2. The number of allylic oxidation sites excluding steroid dienone is 10. The number of rotatable bonds is 5. The number of fused-ring (bicyclic) bond motifs is 6. The van der Waals surface area contributed by atoms with Gasteiger partial charge in [0.1, 0.15) is 0 Å². The van der Waals surface area contributed by atoms with Crippen molar-refractivity contribution < 1.29 is 0 Å². The highest BCUT2D eigenvalue weighted by Gasteiger charge is 2.42. The van der Waals surface area contributed by atoms with Gasteiger partial charge < -0.3 is 9.80 Å². The molecule has 4 atom stereocenters. The molecule has 2 heteroatoms. The molecule has 0 bridgehead atoms. The highest BCUT2D eigenvalue weighted by molar-refractivity contribution is 5.81. The van der Waals surface area contributed by atoms with Crippen LogP contribution in [0.3, 0.4) is 0 Å². The molecule has 2 heterocycles. The van der Waals surface area contributed by atoms with Crippen molar-refractivity contribution in [1.29, 1.82) is 0 Å². The maximum Gasteiger partial charge on any atom is 0.0450 e. The summed E-state index contributed by atoms with van der Waals surface area (Å²) in [6, 6.07) is 27.2. The van der Waals surface area contributed by atoms with Crippen molar-refractivity contribution >= 4 is 28.2 Å². The van der Waals surface area contributed by atoms with Gasteiger partial charge in [0.15, 0.2) is 0 Å². The van der Waals surface area contributed by atoms with E-state index in [0.717, 1.165) is 25.7 Å². The van der Waals surface area contributed by atoms with Gasteiger partial charge in [-0.2, -0.15) is 0 Å². The monoisotopic (exact) mass is 654 g/mol. The Hall–Kier alpha value is -4.30. The highest BCUT2D eigenvalue weighted by Crippen LogP contribution is 2.53. The molecule has 10 rings (SSSR count). The van der Waals surface area contributed by atoms with Crippen LogP contribution >= 0.6 is 0 Å². The van der Waals surface area contributed by atoms with E-state index in [1.54, 1.807) is 22.3 Å². The van der Waals surface area contributed by atoms with Crippen molar-refractivity contribution in [2.24, 2.45) is 0 Å². The molecule has 5 aliphatic carbocycles. The van der Waals surface area contributed by atoms with Gasteiger partial charge in [-0.1, -0.05) is 85.7 Å². The van der Waals surface area contributed by atoms with E-state index < -0.39 is 0 Å². The summed E-state index contributed by atoms with van der Waals surface area (Å²) in [6.07, 6.45) is 34.6. The van der Waals surface area contributed by atoms with E-state index in [1.165, 1.54) is 109 Å². The average molecular weight is 655 g/mol. The van der Waals surface area contributed by atoms with E-state index in [0.29, 0.717) is 23.9 Å². The van der Waals surface area contributed by atoms with Crippen LogP contribution in [-0.2, 0) is 0 Å². The molecule has 0 amide bonds. The Morgan fingerprint density at radius 1 is 0.540 bits per heavy atom. The Morgan fingerprint density at radius 3 is 2.38 bits per heavy atom. The molecule has 0 spiro atoms. The minimum absolute atomic E-state index is 0.442. The summed E-state index contributed by atoms with van der Waals surface area (Å²) in [5.74, 6) is 1.19. The third-order valence-corrected chi connectivity index (χ3v) is 13.1. The molecule has 2 nitrogen and oxygen atoms in total. The van der Waals surface area contributed by atoms with Crippen LogP contribution in [0, 0.1) is 0 Å². The summed E-state index contributed by atoms with van der Waals surface area (Å²) in [4.78, 5) is 5.47. The standard InChI is InChI=1S/C48H50N2/c1-2-12-33(13-3-1)36-16-10-18-39(30-36)49-45-22-8-6-20-41(45)43-27-24-35(25-28-47(43)49)38-26-29-48-44(32-38)42-21-7-9-23-46(42)50(48)40-19-11-17-37(31-40)34-14-4-5-15-34/h2,6,8,10,12-14,16,18-20,22,25-26,29-32,42-43,46-47H,1,3-5,7,9,11,15,17,21,23-24,27-28H2. The van der Waals surface area contributed by atoms with Gasteiger partial charge in [-0.05, 0) is 158 Å². The second-order valence-corrected chi connectivity index (χ2v) is 15.9. The normalized spacial score (nSPS) is 26.9. The van der Waals surface area contributed by atoms with Gasteiger partial charge in [-0.25, -0.2) is 0 Å². The fourth-order valence-corrected chi connectivity index (χ4v) is 10.8. The van der Waals surface area contributed by atoms with Crippen LogP contribution < -0.4 is 9.80 Å². The molecule has 3 aromatic rings. The summed E-state index contributed by atoms with van der Waals surface area (Å²) in [7, 11) is 0. The third kappa shape index (κ3) is 5.21. The summed E-state index contributed by atoms with van der Waals surface area (Å²) in [5, 5.41) is 0. The summed E-state index contributed by atoms with van der Waals surface area (Å²) in [5.41, 5.74) is 17.8. The molecule has 1 fully saturated rings. The lowest BCUT2D eigenvalue weighted by Crippen LogP contribution is -2.35. The Morgan fingerprint density at radius 2 is 1.46 bits per heavy atom. The number of nitrogens with zero attached hydrogens (tertiary/aromatic N) is 2. The van der Waals surface area contributed by atoms with Crippen LogP contribution in [-0.4, -0.2) is 12.1 Å². The second-order valence-electron chi connectivity index (χ2n) is 15.9. The van der Waals surface area contributed by atoms with E-state index >= 15 is 0 Å². The first-order valence-electron chi connectivity index (χ1n) is 19.9. The molecule has 2 aliphatic heterocycles. The zero-order valence-corrected chi connectivity index (χ0v) is 29.5. The Balaban J connectivity index is 0.970. The van der Waals surface area contributed by atoms with Crippen molar-refractivity contribution in [2.75, 3.05) is 9.80 Å². The van der Waals surface area contributed by atoms with Crippen LogP contribution in [0.4, 0.5) is 17.1 Å². The van der Waals surface area contributed by atoms with Gasteiger partial charge in [-0.3, -0.25) is 0 Å². The van der Waals surface area contributed by atoms with Crippen LogP contribution in [0.25, 0.3) is 11.1 Å². The Labute approximate surface area is 299 Å².